The third-order valence-electron chi connectivity index (χ3n) is 5.48. The first-order valence-corrected chi connectivity index (χ1v) is 11.0. The number of benzene rings is 3. The second-order valence-corrected chi connectivity index (χ2v) is 8.15. The number of rotatable bonds is 11. The van der Waals surface area contributed by atoms with Gasteiger partial charge >= 0.3 is 5.97 Å². The van der Waals surface area contributed by atoms with Gasteiger partial charge in [-0.1, -0.05) is 54.1 Å². The van der Waals surface area contributed by atoms with Crippen LogP contribution in [0, 0.1) is 13.8 Å². The van der Waals surface area contributed by atoms with Crippen LogP contribution in [0.4, 0.5) is 8.78 Å². The number of carboxylic acids is 1. The van der Waals surface area contributed by atoms with Gasteiger partial charge in [-0.15, -0.1) is 0 Å². The largest absolute Gasteiger partial charge is 0.486 e. The summed E-state index contributed by atoms with van der Waals surface area (Å²) >= 11 is 0. The fourth-order valence-electron chi connectivity index (χ4n) is 3.80. The van der Waals surface area contributed by atoms with Gasteiger partial charge in [0.1, 0.15) is 11.9 Å². The normalized spacial score (nSPS) is 12.4. The minimum absolute atomic E-state index is 0.00205. The zero-order chi connectivity index (χ0) is 23.8. The molecule has 0 aliphatic heterocycles. The molecule has 0 bridgehead atoms. The van der Waals surface area contributed by atoms with Gasteiger partial charge in [-0.2, -0.15) is 8.78 Å². The number of carbonyl (C=O) groups is 1. The Kier molecular flexibility index (Phi) is 8.17. The van der Waals surface area contributed by atoms with E-state index in [0.717, 1.165) is 11.1 Å². The van der Waals surface area contributed by atoms with Crippen molar-refractivity contribution >= 4 is 5.97 Å². The van der Waals surface area contributed by atoms with Crippen molar-refractivity contribution in [3.05, 3.63) is 101 Å². The fourth-order valence-corrected chi connectivity index (χ4v) is 3.80. The Hall–Kier alpha value is -3.25. The molecule has 3 aromatic rings. The zero-order valence-electron chi connectivity index (χ0n) is 18.9. The molecule has 174 valence electrons. The maximum Gasteiger partial charge on any atom is 0.317 e. The lowest BCUT2D eigenvalue weighted by atomic mass is 9.95. The van der Waals surface area contributed by atoms with E-state index >= 15 is 8.78 Å². The van der Waals surface area contributed by atoms with Gasteiger partial charge in [0.15, 0.2) is 0 Å². The molecule has 3 rings (SSSR count). The summed E-state index contributed by atoms with van der Waals surface area (Å²) in [6.07, 6.45) is 1.08. The number of nitrogens with one attached hydrogen (secondary N) is 1. The molecule has 0 heterocycles. The molecule has 0 aliphatic carbocycles. The summed E-state index contributed by atoms with van der Waals surface area (Å²) in [5.74, 6) is -3.50. The predicted molar refractivity (Wildman–Crippen MR) is 125 cm³/mol. The summed E-state index contributed by atoms with van der Waals surface area (Å²) in [5, 5.41) is 11.6. The maximum absolute atomic E-state index is 15.1. The number of carboxylic acid groups (broad SMARTS) is 1. The van der Waals surface area contributed by atoms with Crippen LogP contribution in [-0.2, 0) is 10.7 Å². The van der Waals surface area contributed by atoms with Gasteiger partial charge in [-0.3, -0.25) is 4.79 Å². The van der Waals surface area contributed by atoms with Crippen molar-refractivity contribution in [1.82, 2.24) is 5.32 Å². The minimum Gasteiger partial charge on any atom is -0.486 e. The van der Waals surface area contributed by atoms with Crippen LogP contribution in [0.3, 0.4) is 0 Å². The highest BCUT2D eigenvalue weighted by Crippen LogP contribution is 2.38. The molecule has 33 heavy (non-hydrogen) atoms. The topological polar surface area (TPSA) is 58.6 Å². The van der Waals surface area contributed by atoms with Crippen LogP contribution in [0.15, 0.2) is 72.8 Å². The van der Waals surface area contributed by atoms with Crippen LogP contribution in [0.25, 0.3) is 0 Å². The molecule has 4 nitrogen and oxygen atoms in total. The second kappa shape index (κ2) is 11.1. The molecule has 0 saturated carbocycles. The summed E-state index contributed by atoms with van der Waals surface area (Å²) < 4.78 is 36.4. The van der Waals surface area contributed by atoms with Gasteiger partial charge < -0.3 is 15.2 Å². The van der Waals surface area contributed by atoms with Crippen LogP contribution in [0.2, 0.25) is 0 Å². The highest BCUT2D eigenvalue weighted by atomic mass is 19.3. The summed E-state index contributed by atoms with van der Waals surface area (Å²) in [5.41, 5.74) is 2.39. The average molecular weight is 454 g/mol. The second-order valence-electron chi connectivity index (χ2n) is 8.15. The summed E-state index contributed by atoms with van der Waals surface area (Å²) in [6.45, 7) is 4.03. The molecule has 2 N–H and O–H groups in total. The van der Waals surface area contributed by atoms with Crippen LogP contribution >= 0.6 is 0 Å². The lowest BCUT2D eigenvalue weighted by Gasteiger charge is -2.22. The van der Waals surface area contributed by atoms with E-state index in [2.05, 4.69) is 5.32 Å². The third kappa shape index (κ3) is 6.62. The van der Waals surface area contributed by atoms with E-state index < -0.39 is 11.9 Å². The van der Waals surface area contributed by atoms with E-state index in [1.54, 1.807) is 31.2 Å². The zero-order valence-corrected chi connectivity index (χ0v) is 18.9. The molecule has 0 fully saturated rings. The first-order chi connectivity index (χ1) is 15.8. The van der Waals surface area contributed by atoms with Crippen molar-refractivity contribution in [2.45, 2.75) is 38.7 Å². The number of alkyl halides is 2. The van der Waals surface area contributed by atoms with Crippen molar-refractivity contribution in [3.63, 3.8) is 0 Å². The molecule has 0 aliphatic rings. The number of hydrogen-bond acceptors (Lipinski definition) is 3. The van der Waals surface area contributed by atoms with Gasteiger partial charge in [0, 0.05) is 11.1 Å². The van der Waals surface area contributed by atoms with Crippen LogP contribution in [-0.4, -0.2) is 24.2 Å². The lowest BCUT2D eigenvalue weighted by Crippen LogP contribution is -2.24. The summed E-state index contributed by atoms with van der Waals surface area (Å²) in [7, 11) is 0. The first-order valence-electron chi connectivity index (χ1n) is 11.0. The monoisotopic (exact) mass is 453 g/mol. The van der Waals surface area contributed by atoms with Gasteiger partial charge in [0.05, 0.1) is 6.54 Å². The van der Waals surface area contributed by atoms with Crippen molar-refractivity contribution in [1.29, 1.82) is 0 Å². The van der Waals surface area contributed by atoms with Crippen molar-refractivity contribution in [2.75, 3.05) is 13.1 Å². The van der Waals surface area contributed by atoms with Gasteiger partial charge in [-0.05, 0) is 68.6 Å². The summed E-state index contributed by atoms with van der Waals surface area (Å²) in [6, 6.07) is 20.6. The minimum atomic E-state index is -3.11. The number of aliphatic carboxylic acids is 1. The van der Waals surface area contributed by atoms with Crippen molar-refractivity contribution < 1.29 is 23.4 Å². The van der Waals surface area contributed by atoms with Gasteiger partial charge in [0.25, 0.3) is 5.92 Å². The van der Waals surface area contributed by atoms with Crippen LogP contribution in [0.5, 0.6) is 5.75 Å². The van der Waals surface area contributed by atoms with E-state index in [9.17, 15) is 4.79 Å². The van der Waals surface area contributed by atoms with E-state index in [4.69, 9.17) is 9.84 Å². The van der Waals surface area contributed by atoms with E-state index in [1.165, 1.54) is 18.2 Å². The number of ether oxygens (including phenoxy) is 1. The summed E-state index contributed by atoms with van der Waals surface area (Å²) in [4.78, 5) is 10.6. The lowest BCUT2D eigenvalue weighted by molar-refractivity contribution is -0.135. The van der Waals surface area contributed by atoms with Crippen molar-refractivity contribution in [3.8, 4) is 5.75 Å². The van der Waals surface area contributed by atoms with Crippen LogP contribution in [0.1, 0.15) is 46.8 Å². The fraction of sp³-hybridized carbons (Fsp3) is 0.296. The Balaban J connectivity index is 1.72. The Labute approximate surface area is 193 Å². The number of halogens is 2. The molecule has 0 amide bonds. The highest BCUT2D eigenvalue weighted by molar-refractivity contribution is 5.68. The Morgan fingerprint density at radius 3 is 2.36 bits per heavy atom. The quantitative estimate of drug-likeness (QED) is 0.349. The van der Waals surface area contributed by atoms with E-state index in [-0.39, 0.29) is 23.8 Å². The van der Waals surface area contributed by atoms with Crippen molar-refractivity contribution in [2.24, 2.45) is 0 Å². The molecule has 6 heteroatoms. The molecule has 1 atom stereocenters. The molecule has 1 unspecified atom stereocenters. The molecule has 0 saturated heterocycles. The van der Waals surface area contributed by atoms with E-state index in [1.807, 2.05) is 37.3 Å². The molecule has 0 aromatic heterocycles. The van der Waals surface area contributed by atoms with E-state index in [0.29, 0.717) is 30.7 Å². The highest BCUT2D eigenvalue weighted by Gasteiger charge is 2.35. The first kappa shape index (κ1) is 24.4. The maximum atomic E-state index is 15.1. The molecular formula is C27H29F2NO3. The van der Waals surface area contributed by atoms with Gasteiger partial charge in [-0.25, -0.2) is 0 Å². The smallest absolute Gasteiger partial charge is 0.317 e. The molecule has 3 aromatic carbocycles. The molecule has 0 spiro atoms. The predicted octanol–water partition coefficient (Wildman–Crippen LogP) is 6.02. The average Bonchev–Trinajstić information content (AvgIpc) is 2.78. The SMILES string of the molecule is Cc1ccc(C(F)(F)c2ccc(OC(CCCNCC(=O)O)c3ccccc3)cc2)c(C)c1. The number of aryl methyl sites for hydroxylation is 2. The Morgan fingerprint density at radius 1 is 1.03 bits per heavy atom. The molecular weight excluding hydrogens is 424 g/mol. The third-order valence-corrected chi connectivity index (χ3v) is 5.48. The molecule has 0 radical (unpaired) electrons. The van der Waals surface area contributed by atoms with Gasteiger partial charge in [0.2, 0.25) is 0 Å². The standard InChI is InChI=1S/C27H29F2NO3/c1-19-10-15-24(20(2)17-19)27(28,29)22-11-13-23(14-12-22)33-25(21-7-4-3-5-8-21)9-6-16-30-18-26(31)32/h3-5,7-8,10-15,17,25,30H,6,9,16,18H2,1-2H3,(H,31,32). The van der Waals surface area contributed by atoms with Crippen LogP contribution < -0.4 is 10.1 Å². The number of hydrogen-bond donors (Lipinski definition) is 2. The Bertz CT molecular complexity index is 1050. The Morgan fingerprint density at radius 2 is 1.73 bits per heavy atom.